The second kappa shape index (κ2) is 8.20. The van der Waals surface area contributed by atoms with Gasteiger partial charge in [0.15, 0.2) is 14.6 Å². The Hall–Kier alpha value is -1.90. The first-order valence-corrected chi connectivity index (χ1v) is 9.94. The number of hydrogen-bond acceptors (Lipinski definition) is 6. The van der Waals surface area contributed by atoms with E-state index in [4.69, 9.17) is 4.74 Å². The van der Waals surface area contributed by atoms with E-state index < -0.39 is 20.5 Å². The smallest absolute Gasteiger partial charge is 0.265 e. The van der Waals surface area contributed by atoms with Crippen LogP contribution >= 0.6 is 0 Å². The lowest BCUT2D eigenvalue weighted by Crippen LogP contribution is -2.57. The molecule has 0 unspecified atom stereocenters. The third kappa shape index (κ3) is 3.92. The van der Waals surface area contributed by atoms with Gasteiger partial charge in [0, 0.05) is 19.6 Å². The molecule has 1 amide bonds. The summed E-state index contributed by atoms with van der Waals surface area (Å²) in [5.74, 6) is -0.351. The van der Waals surface area contributed by atoms with E-state index in [1.165, 1.54) is 24.8 Å². The highest BCUT2D eigenvalue weighted by molar-refractivity contribution is 7.93. The summed E-state index contributed by atoms with van der Waals surface area (Å²) in [4.78, 5) is 14.5. The number of likely N-dealkylation sites (tertiary alicyclic amines) is 1. The Morgan fingerprint density at radius 3 is 2.31 bits per heavy atom. The summed E-state index contributed by atoms with van der Waals surface area (Å²) in [6.07, 6.45) is 2.30. The van der Waals surface area contributed by atoms with Crippen LogP contribution < -0.4 is 10.2 Å². The van der Waals surface area contributed by atoms with Gasteiger partial charge in [-0.05, 0) is 51.0 Å². The molecule has 0 bridgehead atoms. The third-order valence-electron chi connectivity index (χ3n) is 4.82. The maximum Gasteiger partial charge on any atom is 0.265 e. The third-order valence-corrected chi connectivity index (χ3v) is 7.34. The van der Waals surface area contributed by atoms with E-state index >= 15 is 0 Å². The number of benzene rings is 1. The van der Waals surface area contributed by atoms with Gasteiger partial charge in [0.25, 0.3) is 5.91 Å². The number of amides is 1. The molecule has 1 aromatic carbocycles. The fraction of sp³-hybridized carbons (Fsp3) is 0.500. The SMILES string of the molecule is COc1ccc(S(=O)(=O)C2(C(=O)NO)CCN(CC=C(C)C)CC2)cc1. The lowest BCUT2D eigenvalue weighted by atomic mass is 9.95. The molecule has 0 aromatic heterocycles. The number of allylic oxidation sites excluding steroid dienone is 1. The van der Waals surface area contributed by atoms with Crippen LogP contribution in [-0.4, -0.2) is 55.9 Å². The van der Waals surface area contributed by atoms with Crippen molar-refractivity contribution in [2.45, 2.75) is 36.3 Å². The maximum atomic E-state index is 13.2. The number of piperidine rings is 1. The van der Waals surface area contributed by atoms with Gasteiger partial charge in [-0.15, -0.1) is 0 Å². The Kier molecular flexibility index (Phi) is 6.44. The largest absolute Gasteiger partial charge is 0.497 e. The summed E-state index contributed by atoms with van der Waals surface area (Å²) in [6.45, 7) is 5.62. The Morgan fingerprint density at radius 1 is 1.27 bits per heavy atom. The van der Waals surface area contributed by atoms with Crippen LogP contribution in [0.4, 0.5) is 0 Å². The number of nitrogens with zero attached hydrogens (tertiary/aromatic N) is 1. The zero-order valence-corrected chi connectivity index (χ0v) is 16.2. The summed E-state index contributed by atoms with van der Waals surface area (Å²) in [7, 11) is -2.49. The topological polar surface area (TPSA) is 95.9 Å². The summed E-state index contributed by atoms with van der Waals surface area (Å²) < 4.78 is 29.8. The molecule has 0 saturated carbocycles. The van der Waals surface area contributed by atoms with Gasteiger partial charge in [-0.2, -0.15) is 0 Å². The Balaban J connectivity index is 2.32. The van der Waals surface area contributed by atoms with Crippen LogP contribution in [0.25, 0.3) is 0 Å². The molecule has 1 heterocycles. The van der Waals surface area contributed by atoms with E-state index in [1.807, 2.05) is 13.8 Å². The highest BCUT2D eigenvalue weighted by atomic mass is 32.2. The second-order valence-electron chi connectivity index (χ2n) is 6.70. The molecule has 7 nitrogen and oxygen atoms in total. The van der Waals surface area contributed by atoms with Gasteiger partial charge >= 0.3 is 0 Å². The normalized spacial score (nSPS) is 17.4. The molecule has 0 radical (unpaired) electrons. The number of rotatable bonds is 6. The fourth-order valence-corrected chi connectivity index (χ4v) is 5.06. The first-order chi connectivity index (χ1) is 12.3. The van der Waals surface area contributed by atoms with E-state index in [1.54, 1.807) is 17.6 Å². The lowest BCUT2D eigenvalue weighted by Gasteiger charge is -2.39. The van der Waals surface area contributed by atoms with Gasteiger partial charge in [0.1, 0.15) is 5.75 Å². The zero-order valence-electron chi connectivity index (χ0n) is 15.4. The molecule has 26 heavy (non-hydrogen) atoms. The Morgan fingerprint density at radius 2 is 1.85 bits per heavy atom. The molecule has 1 aliphatic heterocycles. The Labute approximate surface area is 154 Å². The quantitative estimate of drug-likeness (QED) is 0.442. The van der Waals surface area contributed by atoms with E-state index in [0.717, 1.165) is 0 Å². The highest BCUT2D eigenvalue weighted by Gasteiger charge is 2.52. The number of sulfone groups is 1. The van der Waals surface area contributed by atoms with E-state index in [2.05, 4.69) is 11.0 Å². The summed E-state index contributed by atoms with van der Waals surface area (Å²) >= 11 is 0. The van der Waals surface area contributed by atoms with Crippen molar-refractivity contribution in [1.29, 1.82) is 0 Å². The molecule has 1 aliphatic rings. The van der Waals surface area contributed by atoms with Crippen molar-refractivity contribution >= 4 is 15.7 Å². The van der Waals surface area contributed by atoms with Crippen LogP contribution in [-0.2, 0) is 14.6 Å². The van der Waals surface area contributed by atoms with Crippen molar-refractivity contribution in [3.8, 4) is 5.75 Å². The number of carbonyl (C=O) groups is 1. The van der Waals surface area contributed by atoms with Gasteiger partial charge in [-0.1, -0.05) is 11.6 Å². The number of methoxy groups -OCH3 is 1. The van der Waals surface area contributed by atoms with Crippen LogP contribution in [0.3, 0.4) is 0 Å². The highest BCUT2D eigenvalue weighted by Crippen LogP contribution is 2.36. The van der Waals surface area contributed by atoms with E-state index in [9.17, 15) is 18.4 Å². The molecule has 2 N–H and O–H groups in total. The molecule has 1 aromatic rings. The number of ether oxygens (including phenoxy) is 1. The van der Waals surface area contributed by atoms with Gasteiger partial charge in [0.05, 0.1) is 12.0 Å². The van der Waals surface area contributed by atoms with Crippen molar-refractivity contribution in [3.05, 3.63) is 35.9 Å². The van der Waals surface area contributed by atoms with Crippen LogP contribution in [0.15, 0.2) is 40.8 Å². The molecular formula is C18H26N2O5S. The number of nitrogens with one attached hydrogen (secondary N) is 1. The number of hydroxylamine groups is 1. The monoisotopic (exact) mass is 382 g/mol. The predicted octanol–water partition coefficient (Wildman–Crippen LogP) is 1.78. The molecule has 0 atom stereocenters. The van der Waals surface area contributed by atoms with Gasteiger partial charge in [0.2, 0.25) is 0 Å². The predicted molar refractivity (Wildman–Crippen MR) is 97.9 cm³/mol. The zero-order chi connectivity index (χ0) is 19.4. The van der Waals surface area contributed by atoms with Gasteiger partial charge in [-0.3, -0.25) is 14.9 Å². The van der Waals surface area contributed by atoms with Crippen LogP contribution in [0.5, 0.6) is 5.75 Å². The minimum absolute atomic E-state index is 0.0413. The molecule has 0 aliphatic carbocycles. The van der Waals surface area contributed by atoms with Crippen molar-refractivity contribution < 1.29 is 23.2 Å². The number of carbonyl (C=O) groups excluding carboxylic acids is 1. The standard InChI is InChI=1S/C18H26N2O5S/c1-14(2)8-11-20-12-9-18(10-13-20,17(21)19-22)26(23,24)16-6-4-15(25-3)5-7-16/h4-8,22H,9-13H2,1-3H3,(H,19,21). The minimum Gasteiger partial charge on any atom is -0.497 e. The lowest BCUT2D eigenvalue weighted by molar-refractivity contribution is -0.133. The molecular weight excluding hydrogens is 356 g/mol. The molecule has 1 fully saturated rings. The average Bonchev–Trinajstić information content (AvgIpc) is 2.65. The van der Waals surface area contributed by atoms with E-state index in [0.29, 0.717) is 25.4 Å². The first-order valence-electron chi connectivity index (χ1n) is 8.46. The van der Waals surface area contributed by atoms with Crippen LogP contribution in [0.1, 0.15) is 26.7 Å². The van der Waals surface area contributed by atoms with Gasteiger partial charge < -0.3 is 4.74 Å². The van der Waals surface area contributed by atoms with Crippen LogP contribution in [0.2, 0.25) is 0 Å². The molecule has 0 spiro atoms. The maximum absolute atomic E-state index is 13.2. The van der Waals surface area contributed by atoms with Crippen molar-refractivity contribution in [2.24, 2.45) is 0 Å². The summed E-state index contributed by atoms with van der Waals surface area (Å²) in [6, 6.07) is 5.94. The second-order valence-corrected chi connectivity index (χ2v) is 8.96. The average molecular weight is 382 g/mol. The molecule has 8 heteroatoms. The minimum atomic E-state index is -3.98. The molecule has 144 valence electrons. The molecule has 1 saturated heterocycles. The number of hydrogen-bond donors (Lipinski definition) is 2. The van der Waals surface area contributed by atoms with Crippen molar-refractivity contribution in [1.82, 2.24) is 10.4 Å². The first kappa shape index (κ1) is 20.4. The Bertz CT molecular complexity index is 759. The summed E-state index contributed by atoms with van der Waals surface area (Å²) in [5.41, 5.74) is 2.75. The van der Waals surface area contributed by atoms with Crippen molar-refractivity contribution in [2.75, 3.05) is 26.7 Å². The van der Waals surface area contributed by atoms with E-state index in [-0.39, 0.29) is 17.7 Å². The molecule has 2 rings (SSSR count). The summed E-state index contributed by atoms with van der Waals surface area (Å²) in [5, 5.41) is 9.18. The van der Waals surface area contributed by atoms with Crippen molar-refractivity contribution in [3.63, 3.8) is 0 Å². The van der Waals surface area contributed by atoms with Crippen LogP contribution in [0, 0.1) is 0 Å². The fourth-order valence-electron chi connectivity index (χ4n) is 3.11. The van der Waals surface area contributed by atoms with Gasteiger partial charge in [-0.25, -0.2) is 13.9 Å².